The summed E-state index contributed by atoms with van der Waals surface area (Å²) in [5, 5.41) is 2.99. The summed E-state index contributed by atoms with van der Waals surface area (Å²) in [6, 6.07) is -0.494. The van der Waals surface area contributed by atoms with Gasteiger partial charge in [0.1, 0.15) is 0 Å². The van der Waals surface area contributed by atoms with E-state index in [0.717, 1.165) is 17.7 Å². The largest absolute Gasteiger partial charge is 0.350 e. The third-order valence-corrected chi connectivity index (χ3v) is 3.38. The molecular formula is C12H21N3OS. The highest BCUT2D eigenvalue weighted by atomic mass is 32.1. The molecule has 5 heteroatoms. The van der Waals surface area contributed by atoms with Gasteiger partial charge in [-0.3, -0.25) is 9.78 Å². The number of hydrogen-bond acceptors (Lipinski definition) is 4. The SMILES string of the molecule is CCCC(C)(C)NC(=O)C(N)Cc1cncs1. The van der Waals surface area contributed by atoms with Crippen molar-refractivity contribution in [3.63, 3.8) is 0 Å². The van der Waals surface area contributed by atoms with Gasteiger partial charge in [0.05, 0.1) is 11.6 Å². The van der Waals surface area contributed by atoms with Crippen LogP contribution in [0.1, 0.15) is 38.5 Å². The minimum Gasteiger partial charge on any atom is -0.350 e. The van der Waals surface area contributed by atoms with Gasteiger partial charge in [-0.25, -0.2) is 0 Å². The van der Waals surface area contributed by atoms with Crippen LogP contribution >= 0.6 is 11.3 Å². The Hall–Kier alpha value is -0.940. The zero-order chi connectivity index (χ0) is 12.9. The van der Waals surface area contributed by atoms with E-state index in [-0.39, 0.29) is 11.4 Å². The highest BCUT2D eigenvalue weighted by Gasteiger charge is 2.23. The fraction of sp³-hybridized carbons (Fsp3) is 0.667. The average Bonchev–Trinajstić information content (AvgIpc) is 2.69. The topological polar surface area (TPSA) is 68.0 Å². The summed E-state index contributed by atoms with van der Waals surface area (Å²) in [7, 11) is 0. The van der Waals surface area contributed by atoms with E-state index in [1.807, 2.05) is 13.8 Å². The second-order valence-corrected chi connectivity index (χ2v) is 5.87. The van der Waals surface area contributed by atoms with E-state index in [1.54, 1.807) is 11.7 Å². The number of nitrogens with two attached hydrogens (primary N) is 1. The van der Waals surface area contributed by atoms with Crippen molar-refractivity contribution in [1.82, 2.24) is 10.3 Å². The Bertz CT molecular complexity index is 349. The number of carbonyl (C=O) groups excluding carboxylic acids is 1. The third kappa shape index (κ3) is 4.83. The van der Waals surface area contributed by atoms with Crippen LogP contribution in [0.4, 0.5) is 0 Å². The molecule has 0 bridgehead atoms. The molecule has 1 amide bonds. The van der Waals surface area contributed by atoms with Crippen LogP contribution in [0.25, 0.3) is 0 Å². The van der Waals surface area contributed by atoms with Crippen LogP contribution in [0.2, 0.25) is 0 Å². The molecular weight excluding hydrogens is 234 g/mol. The predicted octanol–water partition coefficient (Wildman–Crippen LogP) is 1.71. The van der Waals surface area contributed by atoms with Crippen LogP contribution in [-0.2, 0) is 11.2 Å². The second-order valence-electron chi connectivity index (χ2n) is 4.90. The first-order chi connectivity index (χ1) is 7.94. The van der Waals surface area contributed by atoms with Crippen molar-refractivity contribution in [2.45, 2.75) is 51.6 Å². The van der Waals surface area contributed by atoms with E-state index < -0.39 is 6.04 Å². The fourth-order valence-electron chi connectivity index (χ4n) is 1.77. The molecule has 96 valence electrons. The van der Waals surface area contributed by atoms with Gasteiger partial charge in [-0.15, -0.1) is 11.3 Å². The summed E-state index contributed by atoms with van der Waals surface area (Å²) >= 11 is 1.53. The molecule has 0 spiro atoms. The van der Waals surface area contributed by atoms with Crippen LogP contribution in [0.15, 0.2) is 11.7 Å². The van der Waals surface area contributed by atoms with E-state index in [4.69, 9.17) is 5.73 Å². The quantitative estimate of drug-likeness (QED) is 0.813. The molecule has 0 saturated carbocycles. The van der Waals surface area contributed by atoms with Crippen molar-refractivity contribution in [1.29, 1.82) is 0 Å². The monoisotopic (exact) mass is 255 g/mol. The Morgan fingerprint density at radius 2 is 2.35 bits per heavy atom. The van der Waals surface area contributed by atoms with Crippen LogP contribution < -0.4 is 11.1 Å². The molecule has 1 heterocycles. The van der Waals surface area contributed by atoms with Crippen LogP contribution in [0.5, 0.6) is 0 Å². The fourth-order valence-corrected chi connectivity index (χ4v) is 2.42. The summed E-state index contributed by atoms with van der Waals surface area (Å²) in [6.07, 6.45) is 4.30. The number of hydrogen-bond donors (Lipinski definition) is 2. The molecule has 0 aliphatic carbocycles. The summed E-state index contributed by atoms with van der Waals surface area (Å²) in [4.78, 5) is 16.9. The molecule has 4 nitrogen and oxygen atoms in total. The maximum Gasteiger partial charge on any atom is 0.237 e. The molecule has 0 aliphatic heterocycles. The van der Waals surface area contributed by atoms with Gasteiger partial charge in [-0.1, -0.05) is 13.3 Å². The summed E-state index contributed by atoms with van der Waals surface area (Å²) in [5.41, 5.74) is 7.45. The van der Waals surface area contributed by atoms with E-state index in [2.05, 4.69) is 17.2 Å². The van der Waals surface area contributed by atoms with Crippen molar-refractivity contribution in [2.24, 2.45) is 5.73 Å². The van der Waals surface area contributed by atoms with E-state index >= 15 is 0 Å². The zero-order valence-electron chi connectivity index (χ0n) is 10.7. The molecule has 0 radical (unpaired) electrons. The Morgan fingerprint density at radius 3 is 2.88 bits per heavy atom. The molecule has 1 unspecified atom stereocenters. The number of nitrogens with zero attached hydrogens (tertiary/aromatic N) is 1. The standard InChI is InChI=1S/C12H21N3OS/c1-4-5-12(2,3)15-11(16)10(13)6-9-7-14-8-17-9/h7-8,10H,4-6,13H2,1-3H3,(H,15,16). The van der Waals surface area contributed by atoms with Crippen molar-refractivity contribution in [3.05, 3.63) is 16.6 Å². The van der Waals surface area contributed by atoms with Gasteiger partial charge in [0, 0.05) is 23.0 Å². The molecule has 0 aromatic carbocycles. The van der Waals surface area contributed by atoms with E-state index in [1.165, 1.54) is 11.3 Å². The van der Waals surface area contributed by atoms with Gasteiger partial charge < -0.3 is 11.1 Å². The minimum atomic E-state index is -0.494. The van der Waals surface area contributed by atoms with Crippen molar-refractivity contribution >= 4 is 17.2 Å². The molecule has 17 heavy (non-hydrogen) atoms. The predicted molar refractivity (Wildman–Crippen MR) is 70.9 cm³/mol. The van der Waals surface area contributed by atoms with E-state index in [9.17, 15) is 4.79 Å². The molecule has 1 aromatic rings. The maximum atomic E-state index is 11.9. The van der Waals surface area contributed by atoms with Crippen LogP contribution in [-0.4, -0.2) is 22.5 Å². The van der Waals surface area contributed by atoms with Gasteiger partial charge >= 0.3 is 0 Å². The highest BCUT2D eigenvalue weighted by Crippen LogP contribution is 2.12. The Labute approximate surface area is 107 Å². The number of carbonyl (C=O) groups is 1. The number of rotatable bonds is 6. The van der Waals surface area contributed by atoms with E-state index in [0.29, 0.717) is 6.42 Å². The first-order valence-electron chi connectivity index (χ1n) is 5.89. The van der Waals surface area contributed by atoms with Crippen molar-refractivity contribution in [3.8, 4) is 0 Å². The minimum absolute atomic E-state index is 0.0862. The molecule has 0 aliphatic rings. The van der Waals surface area contributed by atoms with Crippen LogP contribution in [0.3, 0.4) is 0 Å². The Kier molecular flexibility index (Phi) is 5.08. The first kappa shape index (κ1) is 14.1. The second kappa shape index (κ2) is 6.12. The van der Waals surface area contributed by atoms with Gasteiger partial charge in [-0.05, 0) is 20.3 Å². The Morgan fingerprint density at radius 1 is 1.65 bits per heavy atom. The van der Waals surface area contributed by atoms with Gasteiger partial charge in [0.2, 0.25) is 5.91 Å². The molecule has 1 aromatic heterocycles. The number of aromatic nitrogens is 1. The normalized spacial score (nSPS) is 13.4. The van der Waals surface area contributed by atoms with Gasteiger partial charge in [-0.2, -0.15) is 0 Å². The highest BCUT2D eigenvalue weighted by molar-refractivity contribution is 7.09. The van der Waals surface area contributed by atoms with Gasteiger partial charge in [0.25, 0.3) is 0 Å². The lowest BCUT2D eigenvalue weighted by Crippen LogP contribution is -2.51. The number of thiazole rings is 1. The summed E-state index contributed by atoms with van der Waals surface area (Å²) in [6.45, 7) is 6.15. The lowest BCUT2D eigenvalue weighted by Gasteiger charge is -2.27. The molecule has 0 saturated heterocycles. The smallest absolute Gasteiger partial charge is 0.237 e. The zero-order valence-corrected chi connectivity index (χ0v) is 11.5. The molecule has 3 N–H and O–H groups in total. The van der Waals surface area contributed by atoms with Crippen LogP contribution in [0, 0.1) is 0 Å². The maximum absolute atomic E-state index is 11.9. The lowest BCUT2D eigenvalue weighted by molar-refractivity contribution is -0.124. The molecule has 1 rings (SSSR count). The average molecular weight is 255 g/mol. The number of nitrogens with one attached hydrogen (secondary N) is 1. The summed E-state index contributed by atoms with van der Waals surface area (Å²) < 4.78 is 0. The molecule has 0 fully saturated rings. The first-order valence-corrected chi connectivity index (χ1v) is 6.77. The third-order valence-electron chi connectivity index (χ3n) is 2.58. The lowest BCUT2D eigenvalue weighted by atomic mass is 9.98. The van der Waals surface area contributed by atoms with Crippen molar-refractivity contribution in [2.75, 3.05) is 0 Å². The Balaban J connectivity index is 2.47. The summed E-state index contributed by atoms with van der Waals surface area (Å²) in [5.74, 6) is -0.0862. The molecule has 1 atom stereocenters. The number of amides is 1. The van der Waals surface area contributed by atoms with Crippen molar-refractivity contribution < 1.29 is 4.79 Å². The van der Waals surface area contributed by atoms with Gasteiger partial charge in [0.15, 0.2) is 0 Å².